The quantitative estimate of drug-likeness (QED) is 0.597. The van der Waals surface area contributed by atoms with E-state index in [9.17, 15) is 4.79 Å². The maximum absolute atomic E-state index is 11.1. The van der Waals surface area contributed by atoms with E-state index in [2.05, 4.69) is 5.32 Å². The molecule has 0 aromatic rings. The van der Waals surface area contributed by atoms with Crippen LogP contribution >= 0.6 is 0 Å². The van der Waals surface area contributed by atoms with Crippen LogP contribution in [-0.4, -0.2) is 43.8 Å². The lowest BCUT2D eigenvalue weighted by atomic mass is 10.4. The van der Waals surface area contributed by atoms with Gasteiger partial charge in [-0.25, -0.2) is 0 Å². The van der Waals surface area contributed by atoms with Crippen molar-refractivity contribution in [3.05, 3.63) is 0 Å². The first-order valence-corrected chi connectivity index (χ1v) is 3.77. The second kappa shape index (κ2) is 3.69. The Kier molecular flexibility index (Phi) is 2.84. The minimum absolute atomic E-state index is 0.162. The van der Waals surface area contributed by atoms with Gasteiger partial charge >= 0.3 is 0 Å². The first-order valence-electron chi connectivity index (χ1n) is 3.77. The van der Waals surface area contributed by atoms with E-state index in [1.807, 2.05) is 6.92 Å². The van der Waals surface area contributed by atoms with Gasteiger partial charge in [-0.1, -0.05) is 0 Å². The third-order valence-electron chi connectivity index (χ3n) is 1.87. The highest BCUT2D eigenvalue weighted by Gasteiger charge is 2.25. The lowest BCUT2D eigenvalue weighted by molar-refractivity contribution is -0.128. The van der Waals surface area contributed by atoms with Gasteiger partial charge in [0.1, 0.15) is 0 Å². The van der Waals surface area contributed by atoms with E-state index in [1.54, 1.807) is 12.0 Å². The van der Waals surface area contributed by atoms with E-state index in [-0.39, 0.29) is 12.1 Å². The first-order chi connectivity index (χ1) is 5.25. The van der Waals surface area contributed by atoms with Gasteiger partial charge in [-0.15, -0.1) is 0 Å². The van der Waals surface area contributed by atoms with Crippen molar-refractivity contribution in [3.63, 3.8) is 0 Å². The van der Waals surface area contributed by atoms with Gasteiger partial charge in [-0.2, -0.15) is 0 Å². The van der Waals surface area contributed by atoms with Gasteiger partial charge in [-0.3, -0.25) is 10.1 Å². The van der Waals surface area contributed by atoms with Gasteiger partial charge in [0, 0.05) is 13.7 Å². The topological polar surface area (TPSA) is 41.6 Å². The third kappa shape index (κ3) is 1.91. The molecular formula is C7H14N2O2. The monoisotopic (exact) mass is 158 g/mol. The molecule has 1 amide bonds. The van der Waals surface area contributed by atoms with Crippen molar-refractivity contribution in [2.24, 2.45) is 0 Å². The number of amides is 1. The summed E-state index contributed by atoms with van der Waals surface area (Å²) in [5, 5.41) is 3.05. The van der Waals surface area contributed by atoms with Crippen LogP contribution in [0.3, 0.4) is 0 Å². The molecule has 1 atom stereocenters. The highest BCUT2D eigenvalue weighted by atomic mass is 16.5. The molecule has 1 rings (SSSR count). The van der Waals surface area contributed by atoms with E-state index in [4.69, 9.17) is 4.74 Å². The summed E-state index contributed by atoms with van der Waals surface area (Å²) in [6.45, 7) is 3.73. The molecule has 0 bridgehead atoms. The Bertz CT molecular complexity index is 149. The Labute approximate surface area is 66.5 Å². The fourth-order valence-electron chi connectivity index (χ4n) is 1.17. The summed E-state index contributed by atoms with van der Waals surface area (Å²) in [5.74, 6) is 0.162. The van der Waals surface area contributed by atoms with Crippen LogP contribution in [0.25, 0.3) is 0 Å². The fourth-order valence-corrected chi connectivity index (χ4v) is 1.17. The predicted octanol–water partition coefficient (Wildman–Crippen LogP) is -0.589. The number of hydrogen-bond donors (Lipinski definition) is 1. The Morgan fingerprint density at radius 1 is 1.82 bits per heavy atom. The Morgan fingerprint density at radius 3 is 3.00 bits per heavy atom. The molecule has 1 fully saturated rings. The Morgan fingerprint density at radius 2 is 2.55 bits per heavy atom. The van der Waals surface area contributed by atoms with Crippen LogP contribution in [0, 0.1) is 0 Å². The summed E-state index contributed by atoms with van der Waals surface area (Å²) >= 11 is 0. The molecule has 0 radical (unpaired) electrons. The van der Waals surface area contributed by atoms with Crippen molar-refractivity contribution < 1.29 is 9.53 Å². The van der Waals surface area contributed by atoms with Crippen molar-refractivity contribution >= 4 is 5.91 Å². The normalized spacial score (nSPS) is 24.7. The number of carbonyl (C=O) groups is 1. The highest BCUT2D eigenvalue weighted by molar-refractivity contribution is 5.80. The maximum Gasteiger partial charge on any atom is 0.237 e. The lowest BCUT2D eigenvalue weighted by Gasteiger charge is -2.19. The second-order valence-corrected chi connectivity index (χ2v) is 2.64. The molecule has 1 unspecified atom stereocenters. The van der Waals surface area contributed by atoms with Gasteiger partial charge in [0.15, 0.2) is 0 Å². The van der Waals surface area contributed by atoms with Crippen LogP contribution in [0.15, 0.2) is 0 Å². The van der Waals surface area contributed by atoms with Crippen LogP contribution in [0.4, 0.5) is 0 Å². The summed E-state index contributed by atoms with van der Waals surface area (Å²) in [6, 6.07) is 0. The average molecular weight is 158 g/mol. The summed E-state index contributed by atoms with van der Waals surface area (Å²) in [4.78, 5) is 12.9. The molecule has 64 valence electrons. The largest absolute Gasteiger partial charge is 0.383 e. The van der Waals surface area contributed by atoms with Gasteiger partial charge < -0.3 is 9.64 Å². The third-order valence-corrected chi connectivity index (χ3v) is 1.87. The average Bonchev–Trinajstić information content (AvgIpc) is 2.29. The molecule has 4 nitrogen and oxygen atoms in total. The molecule has 11 heavy (non-hydrogen) atoms. The molecular weight excluding hydrogens is 144 g/mol. The summed E-state index contributed by atoms with van der Waals surface area (Å²) < 4.78 is 4.88. The zero-order valence-corrected chi connectivity index (χ0v) is 6.96. The molecule has 0 aliphatic carbocycles. The smallest absolute Gasteiger partial charge is 0.237 e. The first kappa shape index (κ1) is 8.49. The number of hydrogen-bond acceptors (Lipinski definition) is 3. The highest BCUT2D eigenvalue weighted by Crippen LogP contribution is 2.02. The van der Waals surface area contributed by atoms with Crippen molar-refractivity contribution in [2.45, 2.75) is 13.1 Å². The van der Waals surface area contributed by atoms with Crippen molar-refractivity contribution in [2.75, 3.05) is 26.8 Å². The number of rotatable bonds is 3. The number of nitrogens with one attached hydrogen (secondary N) is 1. The van der Waals surface area contributed by atoms with Crippen LogP contribution in [0.2, 0.25) is 0 Å². The second-order valence-electron chi connectivity index (χ2n) is 2.64. The number of carbonyl (C=O) groups excluding carboxylic acids is 1. The minimum Gasteiger partial charge on any atom is -0.383 e. The van der Waals surface area contributed by atoms with E-state index in [1.165, 1.54) is 0 Å². The molecule has 1 heterocycles. The Hall–Kier alpha value is -0.610. The number of methoxy groups -OCH3 is 1. The van der Waals surface area contributed by atoms with Gasteiger partial charge in [0.25, 0.3) is 0 Å². The van der Waals surface area contributed by atoms with Crippen molar-refractivity contribution in [1.29, 1.82) is 0 Å². The zero-order chi connectivity index (χ0) is 8.27. The number of nitrogens with zero attached hydrogens (tertiary/aromatic N) is 1. The van der Waals surface area contributed by atoms with E-state index < -0.39 is 0 Å². The molecule has 4 heteroatoms. The maximum atomic E-state index is 11.1. The standard InChI is InChI=1S/C7H14N2O2/c1-6-8-5-7(10)9(6)3-4-11-2/h6,8H,3-5H2,1-2H3. The molecule has 1 saturated heterocycles. The van der Waals surface area contributed by atoms with Gasteiger partial charge in [0.2, 0.25) is 5.91 Å². The minimum atomic E-state index is 0.162. The van der Waals surface area contributed by atoms with Gasteiger partial charge in [0.05, 0.1) is 19.3 Å². The Balaban J connectivity index is 2.35. The fraction of sp³-hybridized carbons (Fsp3) is 0.857. The number of ether oxygens (including phenoxy) is 1. The SMILES string of the molecule is COCCN1C(=O)CNC1C. The van der Waals surface area contributed by atoms with E-state index >= 15 is 0 Å². The summed E-state index contributed by atoms with van der Waals surface area (Å²) in [6.07, 6.45) is 0.164. The molecule has 0 spiro atoms. The molecule has 1 aliphatic rings. The van der Waals surface area contributed by atoms with Crippen LogP contribution in [-0.2, 0) is 9.53 Å². The summed E-state index contributed by atoms with van der Waals surface area (Å²) in [5.41, 5.74) is 0. The molecule has 0 saturated carbocycles. The molecule has 0 aromatic carbocycles. The van der Waals surface area contributed by atoms with E-state index in [0.717, 1.165) is 0 Å². The molecule has 0 aromatic heterocycles. The van der Waals surface area contributed by atoms with Crippen molar-refractivity contribution in [1.82, 2.24) is 10.2 Å². The van der Waals surface area contributed by atoms with Crippen molar-refractivity contribution in [3.8, 4) is 0 Å². The molecule has 1 aliphatic heterocycles. The van der Waals surface area contributed by atoms with Crippen LogP contribution in [0.5, 0.6) is 0 Å². The molecule has 1 N–H and O–H groups in total. The predicted molar refractivity (Wildman–Crippen MR) is 41.1 cm³/mol. The van der Waals surface area contributed by atoms with Crippen LogP contribution < -0.4 is 5.32 Å². The zero-order valence-electron chi connectivity index (χ0n) is 6.96. The lowest BCUT2D eigenvalue weighted by Crippen LogP contribution is -2.37. The van der Waals surface area contributed by atoms with Crippen LogP contribution in [0.1, 0.15) is 6.92 Å². The van der Waals surface area contributed by atoms with E-state index in [0.29, 0.717) is 19.7 Å². The summed E-state index contributed by atoms with van der Waals surface area (Å²) in [7, 11) is 1.64. The van der Waals surface area contributed by atoms with Gasteiger partial charge in [-0.05, 0) is 6.92 Å².